The fraction of sp³-hybridized carbons (Fsp3) is 0.167. The average Bonchev–Trinajstić information content (AvgIpc) is 3.22. The van der Waals surface area contributed by atoms with E-state index in [9.17, 15) is 0 Å². The summed E-state index contributed by atoms with van der Waals surface area (Å²) in [6.45, 7) is 4.58. The van der Waals surface area contributed by atoms with Crippen molar-refractivity contribution in [1.29, 1.82) is 0 Å². The van der Waals surface area contributed by atoms with Crippen molar-refractivity contribution < 1.29 is 33.3 Å². The minimum Gasteiger partial charge on any atom is -0.347 e. The number of allylic oxidation sites excluding steroid dienone is 3. The molecule has 0 saturated heterocycles. The fourth-order valence-electron chi connectivity index (χ4n) is 4.23. The van der Waals surface area contributed by atoms with Crippen LogP contribution in [0.4, 0.5) is 5.69 Å². The van der Waals surface area contributed by atoms with Crippen molar-refractivity contribution in [3.05, 3.63) is 89.9 Å². The molecule has 170 valence electrons. The minimum absolute atomic E-state index is 0.00846. The lowest BCUT2D eigenvalue weighted by Crippen LogP contribution is -2.68. The van der Waals surface area contributed by atoms with Gasteiger partial charge < -0.3 is 4.90 Å². The quantitative estimate of drug-likeness (QED) is 0.386. The lowest BCUT2D eigenvalue weighted by molar-refractivity contribution is -2.00. The van der Waals surface area contributed by atoms with E-state index in [0.717, 1.165) is 10.7 Å². The van der Waals surface area contributed by atoms with Gasteiger partial charge in [0.05, 0.1) is 4.70 Å². The Hall–Kier alpha value is -2.85. The highest BCUT2D eigenvalue weighted by Crippen LogP contribution is 2.46. The van der Waals surface area contributed by atoms with Crippen LogP contribution in [0.1, 0.15) is 25.1 Å². The first-order chi connectivity index (χ1) is 15.6. The minimum atomic E-state index is -4.94. The van der Waals surface area contributed by atoms with Gasteiger partial charge in [-0.25, -0.2) is 18.6 Å². The molecule has 0 aliphatic carbocycles. The van der Waals surface area contributed by atoms with Crippen LogP contribution in [-0.2, 0) is 5.41 Å². The molecule has 0 bridgehead atoms. The zero-order chi connectivity index (χ0) is 23.8. The molecule has 0 amide bonds. The highest BCUT2D eigenvalue weighted by atomic mass is 35.7. The van der Waals surface area contributed by atoms with Gasteiger partial charge in [-0.15, -0.1) is 10.2 Å². The third-order valence-electron chi connectivity index (χ3n) is 5.65. The summed E-state index contributed by atoms with van der Waals surface area (Å²) in [5.74, 6) is 0. The standard InChI is InChI=1S/C24H22N3S.ClHO4/c1-24(2)18-10-4-5-11-19(18)26(3)22(24)14-8-9-17-15-16-25-23-27(17)20-12-6-7-13-21(20)28-23;2-1(3,4)5/h4-16H,1-3H3;(H,2,3,4,5)/q+1;/p-1. The van der Waals surface area contributed by atoms with E-state index in [1.165, 1.54) is 27.2 Å². The van der Waals surface area contributed by atoms with Crippen molar-refractivity contribution in [3.8, 4) is 0 Å². The Morgan fingerprint density at radius 3 is 2.39 bits per heavy atom. The maximum absolute atomic E-state index is 8.49. The van der Waals surface area contributed by atoms with Crippen LogP contribution in [0.5, 0.6) is 0 Å². The normalized spacial score (nSPS) is 16.5. The number of rotatable bonds is 2. The van der Waals surface area contributed by atoms with E-state index in [0.29, 0.717) is 0 Å². The first-order valence-electron chi connectivity index (χ1n) is 10.1. The molecule has 1 aliphatic rings. The predicted molar refractivity (Wildman–Crippen MR) is 118 cm³/mol. The Bertz CT molecular complexity index is 1370. The van der Waals surface area contributed by atoms with E-state index in [1.54, 1.807) is 11.3 Å². The summed E-state index contributed by atoms with van der Waals surface area (Å²) in [5, 5.41) is 0. The van der Waals surface area contributed by atoms with Gasteiger partial charge in [-0.1, -0.05) is 50.3 Å². The predicted octanol–water partition coefficient (Wildman–Crippen LogP) is 0.604. The third kappa shape index (κ3) is 4.77. The highest BCUT2D eigenvalue weighted by Gasteiger charge is 2.37. The smallest absolute Gasteiger partial charge is 0.347 e. The molecule has 4 aromatic rings. The molecular formula is C24H22ClN3O4S. The number of fused-ring (bicyclic) bond motifs is 4. The number of nitrogens with zero attached hydrogens (tertiary/aromatic N) is 3. The Balaban J connectivity index is 0.000000471. The SMILES string of the molecule is CN1/C(=C\C=C\c2ccnc3sc4ccccc4[n+]23)C(C)(C)c2ccccc21.[O-][Cl+3]([O-])([O-])[O-]. The van der Waals surface area contributed by atoms with E-state index in [1.807, 2.05) is 6.20 Å². The van der Waals surface area contributed by atoms with Crippen LogP contribution in [0, 0.1) is 10.2 Å². The van der Waals surface area contributed by atoms with Gasteiger partial charge in [0.15, 0.2) is 5.52 Å². The largest absolute Gasteiger partial charge is 0.388 e. The highest BCUT2D eigenvalue weighted by molar-refractivity contribution is 7.22. The topological polar surface area (TPSA) is 112 Å². The van der Waals surface area contributed by atoms with Gasteiger partial charge in [-0.3, -0.25) is 0 Å². The molecule has 33 heavy (non-hydrogen) atoms. The Labute approximate surface area is 197 Å². The second-order valence-electron chi connectivity index (χ2n) is 8.05. The van der Waals surface area contributed by atoms with Crippen LogP contribution < -0.4 is 27.9 Å². The summed E-state index contributed by atoms with van der Waals surface area (Å²) in [4.78, 5) is 7.87. The molecule has 9 heteroatoms. The molecule has 3 heterocycles. The summed E-state index contributed by atoms with van der Waals surface area (Å²) >= 11 is 1.72. The molecule has 2 aromatic carbocycles. The number of para-hydroxylation sites is 2. The van der Waals surface area contributed by atoms with Gasteiger partial charge in [0.25, 0.3) is 0 Å². The van der Waals surface area contributed by atoms with Crippen molar-refractivity contribution >= 4 is 38.3 Å². The summed E-state index contributed by atoms with van der Waals surface area (Å²) in [6, 6.07) is 19.2. The van der Waals surface area contributed by atoms with Crippen molar-refractivity contribution in [2.75, 3.05) is 11.9 Å². The van der Waals surface area contributed by atoms with Crippen molar-refractivity contribution in [2.24, 2.45) is 0 Å². The van der Waals surface area contributed by atoms with Gasteiger partial charge in [-0.2, -0.15) is 4.40 Å². The van der Waals surface area contributed by atoms with E-state index in [-0.39, 0.29) is 5.41 Å². The van der Waals surface area contributed by atoms with Crippen LogP contribution in [0.3, 0.4) is 0 Å². The molecular weight excluding hydrogens is 462 g/mol. The lowest BCUT2D eigenvalue weighted by Gasteiger charge is -2.23. The van der Waals surface area contributed by atoms with Crippen LogP contribution >= 0.6 is 11.3 Å². The number of thiazole rings is 1. The Morgan fingerprint density at radius 1 is 1.00 bits per heavy atom. The molecule has 5 rings (SSSR count). The molecule has 0 unspecified atom stereocenters. The van der Waals surface area contributed by atoms with E-state index in [2.05, 4.69) is 108 Å². The average molecular weight is 484 g/mol. The number of hydrogen-bond donors (Lipinski definition) is 0. The summed E-state index contributed by atoms with van der Waals surface area (Å²) in [7, 11) is -2.79. The molecule has 7 nitrogen and oxygen atoms in total. The third-order valence-corrected chi connectivity index (χ3v) is 6.68. The Morgan fingerprint density at radius 2 is 1.67 bits per heavy atom. The maximum Gasteiger partial charge on any atom is 0.388 e. The zero-order valence-electron chi connectivity index (χ0n) is 18.3. The van der Waals surface area contributed by atoms with Gasteiger partial charge >= 0.3 is 4.96 Å². The second kappa shape index (κ2) is 8.83. The van der Waals surface area contributed by atoms with Gasteiger partial charge in [0, 0.05) is 29.9 Å². The lowest BCUT2D eigenvalue weighted by atomic mass is 9.84. The van der Waals surface area contributed by atoms with Crippen LogP contribution in [0.15, 0.2) is 78.6 Å². The summed E-state index contributed by atoms with van der Waals surface area (Å²) in [5.41, 5.74) is 6.29. The van der Waals surface area contributed by atoms with Crippen LogP contribution in [-0.4, -0.2) is 12.0 Å². The maximum atomic E-state index is 8.49. The van der Waals surface area contributed by atoms with E-state index < -0.39 is 10.2 Å². The monoisotopic (exact) mass is 483 g/mol. The van der Waals surface area contributed by atoms with Crippen molar-refractivity contribution in [3.63, 3.8) is 0 Å². The molecule has 0 atom stereocenters. The summed E-state index contributed by atoms with van der Waals surface area (Å²) < 4.78 is 37.5. The van der Waals surface area contributed by atoms with Gasteiger partial charge in [-0.05, 0) is 52.2 Å². The van der Waals surface area contributed by atoms with Crippen LogP contribution in [0.2, 0.25) is 0 Å². The van der Waals surface area contributed by atoms with E-state index >= 15 is 0 Å². The molecule has 0 fully saturated rings. The molecule has 0 N–H and O–H groups in total. The fourth-order valence-corrected chi connectivity index (χ4v) is 5.25. The summed E-state index contributed by atoms with van der Waals surface area (Å²) in [6.07, 6.45) is 8.46. The number of halogens is 1. The first kappa shape index (κ1) is 23.3. The second-order valence-corrected chi connectivity index (χ2v) is 9.81. The molecule has 1 aliphatic heterocycles. The molecule has 0 saturated carbocycles. The first-order valence-corrected chi connectivity index (χ1v) is 12.1. The van der Waals surface area contributed by atoms with Crippen molar-refractivity contribution in [2.45, 2.75) is 19.3 Å². The molecule has 2 aromatic heterocycles. The number of hydrogen-bond acceptors (Lipinski definition) is 7. The van der Waals surface area contributed by atoms with Crippen molar-refractivity contribution in [1.82, 2.24) is 4.98 Å². The molecule has 0 spiro atoms. The van der Waals surface area contributed by atoms with Gasteiger partial charge in [0.1, 0.15) is 11.9 Å². The van der Waals surface area contributed by atoms with Crippen LogP contribution in [0.25, 0.3) is 21.3 Å². The zero-order valence-corrected chi connectivity index (χ0v) is 19.8. The number of likely N-dealkylation sites (N-methyl/N-ethyl adjacent to an activating group) is 1. The van der Waals surface area contributed by atoms with Gasteiger partial charge in [0.2, 0.25) is 0 Å². The Kier molecular flexibility index (Phi) is 6.24. The van der Waals surface area contributed by atoms with E-state index in [4.69, 9.17) is 18.6 Å². The number of anilines is 1. The molecule has 0 radical (unpaired) electrons. The number of benzene rings is 2. The number of aromatic nitrogens is 2.